The number of carbonyl (C=O) groups excluding carboxylic acids is 1. The quantitative estimate of drug-likeness (QED) is 0.442. The molecule has 0 spiro atoms. The molecule has 0 amide bonds. The van der Waals surface area contributed by atoms with E-state index in [0.29, 0.717) is 29.5 Å². The maximum atomic E-state index is 12.9. The Kier molecular flexibility index (Phi) is 4.73. The zero-order chi connectivity index (χ0) is 23.5. The molecule has 0 radical (unpaired) electrons. The largest absolute Gasteiger partial charge is 0.393 e. The lowest BCUT2D eigenvalue weighted by Gasteiger charge is -2.70. The molecule has 5 rings (SSSR count). The van der Waals surface area contributed by atoms with Gasteiger partial charge in [0.2, 0.25) is 0 Å². The monoisotopic (exact) mass is 438 g/mol. The van der Waals surface area contributed by atoms with Gasteiger partial charge >= 0.3 is 0 Å². The average Bonchev–Trinajstić information content (AvgIpc) is 2.97. The van der Waals surface area contributed by atoms with Crippen molar-refractivity contribution in [3.8, 4) is 0 Å². The highest BCUT2D eigenvalue weighted by Crippen LogP contribution is 2.75. The molecule has 0 heterocycles. The molecule has 9 atom stereocenters. The van der Waals surface area contributed by atoms with Gasteiger partial charge in [0.25, 0.3) is 0 Å². The molecule has 0 saturated heterocycles. The first kappa shape index (κ1) is 22.9. The zero-order valence-corrected chi connectivity index (χ0v) is 21.7. The standard InChI is InChI=1S/C30H46O2/c1-18(2)19-17-24(32)28(6)15-16-29(7)20(25(19)28)9-10-22-27(5)13-12-23(31)26(3,4)21(27)11-14-30(22,29)8/h9,19,21-22,24-25,32H,1,10-17H2,2-8H3/t19-,21-,22+,24+,25+,27-,28-,29+,30+/m0/s1. The van der Waals surface area contributed by atoms with Gasteiger partial charge in [0.05, 0.1) is 6.10 Å². The van der Waals surface area contributed by atoms with E-state index in [1.165, 1.54) is 24.8 Å². The van der Waals surface area contributed by atoms with Crippen LogP contribution >= 0.6 is 0 Å². The number of aliphatic hydroxyl groups is 1. The van der Waals surface area contributed by atoms with Crippen molar-refractivity contribution in [2.75, 3.05) is 0 Å². The summed E-state index contributed by atoms with van der Waals surface area (Å²) in [4.78, 5) is 12.9. The van der Waals surface area contributed by atoms with Gasteiger partial charge in [-0.1, -0.05) is 65.3 Å². The molecule has 2 heteroatoms. The van der Waals surface area contributed by atoms with E-state index in [1.54, 1.807) is 5.57 Å². The Hall–Kier alpha value is -0.890. The van der Waals surface area contributed by atoms with Crippen LogP contribution in [0.2, 0.25) is 0 Å². The second-order valence-electron chi connectivity index (χ2n) is 14.1. The van der Waals surface area contributed by atoms with E-state index in [9.17, 15) is 9.90 Å². The zero-order valence-electron chi connectivity index (χ0n) is 21.7. The molecule has 5 aliphatic carbocycles. The molecule has 2 nitrogen and oxygen atoms in total. The Bertz CT molecular complexity index is 897. The predicted molar refractivity (Wildman–Crippen MR) is 131 cm³/mol. The number of hydrogen-bond donors (Lipinski definition) is 1. The SMILES string of the molecule is C=C(C)[C@@H]1C[C@@H](O)[C@]2(C)CC[C@]3(C)C(=CC[C@@H]4[C@@]5(C)CCC(=O)C(C)(C)[C@@H]5CC[C@]43C)[C@@H]12. The molecule has 0 bridgehead atoms. The normalized spacial score (nSPS) is 54.1. The van der Waals surface area contributed by atoms with Gasteiger partial charge in [-0.3, -0.25) is 4.79 Å². The van der Waals surface area contributed by atoms with Crippen molar-refractivity contribution in [2.24, 2.45) is 50.7 Å². The summed E-state index contributed by atoms with van der Waals surface area (Å²) < 4.78 is 0. The summed E-state index contributed by atoms with van der Waals surface area (Å²) in [5.74, 6) is 2.45. The molecule has 1 N–H and O–H groups in total. The van der Waals surface area contributed by atoms with Gasteiger partial charge in [-0.15, -0.1) is 0 Å². The number of allylic oxidation sites excluding steroid dienone is 3. The Morgan fingerprint density at radius 2 is 1.69 bits per heavy atom. The molecule has 178 valence electrons. The maximum Gasteiger partial charge on any atom is 0.138 e. The van der Waals surface area contributed by atoms with Crippen LogP contribution < -0.4 is 0 Å². The molecule has 0 unspecified atom stereocenters. The number of ketones is 1. The van der Waals surface area contributed by atoms with Gasteiger partial charge in [-0.2, -0.15) is 0 Å². The van der Waals surface area contributed by atoms with Crippen molar-refractivity contribution in [1.82, 2.24) is 0 Å². The third-order valence-electron chi connectivity index (χ3n) is 12.7. The van der Waals surface area contributed by atoms with Crippen molar-refractivity contribution in [2.45, 2.75) is 106 Å². The van der Waals surface area contributed by atoms with Crippen LogP contribution in [0.15, 0.2) is 23.8 Å². The van der Waals surface area contributed by atoms with Crippen LogP contribution in [0.4, 0.5) is 0 Å². The van der Waals surface area contributed by atoms with Gasteiger partial charge in [-0.25, -0.2) is 0 Å². The molecule has 4 saturated carbocycles. The maximum absolute atomic E-state index is 12.9. The lowest BCUT2D eigenvalue weighted by Crippen LogP contribution is -2.63. The summed E-state index contributed by atoms with van der Waals surface area (Å²) in [6, 6.07) is 0. The summed E-state index contributed by atoms with van der Waals surface area (Å²) in [5, 5.41) is 11.2. The molecule has 0 aliphatic heterocycles. The minimum absolute atomic E-state index is 0.0154. The van der Waals surface area contributed by atoms with E-state index < -0.39 is 0 Å². The number of hydrogen-bond acceptors (Lipinski definition) is 2. The molecule has 0 aromatic carbocycles. The Labute approximate surface area is 196 Å². The van der Waals surface area contributed by atoms with E-state index in [0.717, 1.165) is 32.1 Å². The van der Waals surface area contributed by atoms with Gasteiger partial charge in [0.15, 0.2) is 0 Å². The minimum atomic E-state index is -0.219. The van der Waals surface area contributed by atoms with Crippen LogP contribution in [0, 0.1) is 50.7 Å². The van der Waals surface area contributed by atoms with Crippen molar-refractivity contribution >= 4 is 5.78 Å². The number of rotatable bonds is 1. The third kappa shape index (κ3) is 2.49. The van der Waals surface area contributed by atoms with Gasteiger partial charge in [0, 0.05) is 17.3 Å². The van der Waals surface area contributed by atoms with E-state index in [2.05, 4.69) is 61.1 Å². The molecular weight excluding hydrogens is 392 g/mol. The highest BCUT2D eigenvalue weighted by molar-refractivity contribution is 5.85. The minimum Gasteiger partial charge on any atom is -0.393 e. The second kappa shape index (κ2) is 6.61. The fourth-order valence-corrected chi connectivity index (χ4v) is 10.5. The summed E-state index contributed by atoms with van der Waals surface area (Å²) >= 11 is 0. The topological polar surface area (TPSA) is 37.3 Å². The number of fused-ring (bicyclic) bond motifs is 7. The van der Waals surface area contributed by atoms with Crippen LogP contribution in [0.3, 0.4) is 0 Å². The molecular formula is C30H46O2. The highest BCUT2D eigenvalue weighted by atomic mass is 16.3. The van der Waals surface area contributed by atoms with Gasteiger partial charge in [0.1, 0.15) is 5.78 Å². The first-order valence-corrected chi connectivity index (χ1v) is 13.3. The Balaban J connectivity index is 1.61. The number of aliphatic hydroxyl groups excluding tert-OH is 1. The van der Waals surface area contributed by atoms with Crippen LogP contribution in [-0.2, 0) is 4.79 Å². The Morgan fingerprint density at radius 1 is 1.00 bits per heavy atom. The lowest BCUT2D eigenvalue weighted by atomic mass is 9.34. The van der Waals surface area contributed by atoms with Crippen molar-refractivity contribution in [3.63, 3.8) is 0 Å². The third-order valence-corrected chi connectivity index (χ3v) is 12.7. The van der Waals surface area contributed by atoms with Gasteiger partial charge < -0.3 is 5.11 Å². The lowest BCUT2D eigenvalue weighted by molar-refractivity contribution is -0.183. The molecule has 0 aromatic rings. The molecule has 4 fully saturated rings. The first-order chi connectivity index (χ1) is 14.7. The van der Waals surface area contributed by atoms with Crippen LogP contribution in [-0.4, -0.2) is 17.0 Å². The fraction of sp³-hybridized carbons (Fsp3) is 0.833. The van der Waals surface area contributed by atoms with Crippen LogP contribution in [0.5, 0.6) is 0 Å². The summed E-state index contributed by atoms with van der Waals surface area (Å²) in [6.45, 7) is 21.1. The fourth-order valence-electron chi connectivity index (χ4n) is 10.5. The highest BCUT2D eigenvalue weighted by Gasteiger charge is 2.69. The van der Waals surface area contributed by atoms with E-state index in [4.69, 9.17) is 0 Å². The number of carbonyl (C=O) groups is 1. The first-order valence-electron chi connectivity index (χ1n) is 13.3. The van der Waals surface area contributed by atoms with Crippen LogP contribution in [0.25, 0.3) is 0 Å². The average molecular weight is 439 g/mol. The molecule has 5 aliphatic rings. The van der Waals surface area contributed by atoms with Gasteiger partial charge in [-0.05, 0) is 91.8 Å². The summed E-state index contributed by atoms with van der Waals surface area (Å²) in [6.07, 6.45) is 11.0. The summed E-state index contributed by atoms with van der Waals surface area (Å²) in [7, 11) is 0. The van der Waals surface area contributed by atoms with E-state index in [1.807, 2.05) is 0 Å². The predicted octanol–water partition coefficient (Wildman–Crippen LogP) is 7.12. The van der Waals surface area contributed by atoms with E-state index >= 15 is 0 Å². The van der Waals surface area contributed by atoms with Crippen molar-refractivity contribution < 1.29 is 9.90 Å². The number of Topliss-reactive ketones (excluding diaryl/α,β-unsaturated/α-hetero) is 1. The second-order valence-corrected chi connectivity index (χ2v) is 14.1. The Morgan fingerprint density at radius 3 is 2.34 bits per heavy atom. The van der Waals surface area contributed by atoms with Crippen LogP contribution in [0.1, 0.15) is 99.8 Å². The molecule has 32 heavy (non-hydrogen) atoms. The summed E-state index contributed by atoms with van der Waals surface area (Å²) in [5.41, 5.74) is 3.37. The molecule has 0 aromatic heterocycles. The van der Waals surface area contributed by atoms with E-state index in [-0.39, 0.29) is 33.2 Å². The smallest absolute Gasteiger partial charge is 0.138 e. The van der Waals surface area contributed by atoms with Crippen molar-refractivity contribution in [3.05, 3.63) is 23.8 Å². The van der Waals surface area contributed by atoms with Crippen molar-refractivity contribution in [1.29, 1.82) is 0 Å².